The molecule has 3 aliphatic rings. The summed E-state index contributed by atoms with van der Waals surface area (Å²) in [6, 6.07) is 0. The maximum atomic E-state index is 12.3. The molecule has 0 aromatic heterocycles. The number of hydrogen-bond donors (Lipinski definition) is 0. The smallest absolute Gasteiger partial charge is 0.191 e. The molecule has 0 amide bonds. The van der Waals surface area contributed by atoms with E-state index >= 15 is 0 Å². The third kappa shape index (κ3) is 3.66. The van der Waals surface area contributed by atoms with Crippen molar-refractivity contribution in [1.82, 2.24) is 0 Å². The normalized spacial score (nSPS) is 32.7. The molecule has 0 N–H and O–H groups in total. The number of rotatable bonds is 5. The fourth-order valence-corrected chi connectivity index (χ4v) is 4.90. The van der Waals surface area contributed by atoms with Crippen molar-refractivity contribution >= 4 is 14.1 Å². The lowest BCUT2D eigenvalue weighted by molar-refractivity contribution is -0.133. The molecule has 0 saturated heterocycles. The van der Waals surface area contributed by atoms with Crippen LogP contribution < -0.4 is 0 Å². The van der Waals surface area contributed by atoms with Crippen molar-refractivity contribution in [3.63, 3.8) is 0 Å². The minimum absolute atomic E-state index is 0.219. The number of carbonyl (C=O) groups excluding carboxylic acids is 1. The summed E-state index contributed by atoms with van der Waals surface area (Å²) in [7, 11) is -1.72. The quantitative estimate of drug-likeness (QED) is 0.493. The highest BCUT2D eigenvalue weighted by Crippen LogP contribution is 2.50. The number of fused-ring (bicyclic) bond motifs is 2. The molecule has 0 radical (unpaired) electrons. The van der Waals surface area contributed by atoms with Gasteiger partial charge in [-0.3, -0.25) is 4.79 Å². The lowest BCUT2D eigenvalue weighted by atomic mass is 9.56. The fourth-order valence-electron chi connectivity index (χ4n) is 3.86. The first-order chi connectivity index (χ1) is 10.4. The standard InChI is InChI=1S/C20H36O2Si/c1-14(2)17(13-22-23(7,8)19(3,4)5)16-12-20(6)10-9-15(16)11-18(20)21/h9-10,14-17H,11-13H2,1-8H3/t15-,16-,17+,20+/m0/s1. The van der Waals surface area contributed by atoms with Gasteiger partial charge in [-0.2, -0.15) is 0 Å². The second-order valence-corrected chi connectivity index (χ2v) is 14.7. The number of Topliss-reactive ketones (excluding diaryl/α,β-unsaturated/α-hetero) is 1. The maximum Gasteiger partial charge on any atom is 0.191 e. The summed E-state index contributed by atoms with van der Waals surface area (Å²) in [5, 5.41) is 0.252. The van der Waals surface area contributed by atoms with E-state index in [-0.39, 0.29) is 10.5 Å². The minimum Gasteiger partial charge on any atom is -0.417 e. The molecule has 0 aromatic carbocycles. The SMILES string of the molecule is CC(C)[C@@H](CO[Si](C)(C)C(C)(C)C)[C@H]1C[C@@]2(C)C=C[C@H]1CC2=O. The van der Waals surface area contributed by atoms with Gasteiger partial charge in [-0.1, -0.05) is 46.8 Å². The van der Waals surface area contributed by atoms with E-state index in [2.05, 4.69) is 66.8 Å². The van der Waals surface area contributed by atoms with Crippen LogP contribution in [0.15, 0.2) is 12.2 Å². The molecule has 3 heteroatoms. The molecule has 2 bridgehead atoms. The topological polar surface area (TPSA) is 26.3 Å². The van der Waals surface area contributed by atoms with E-state index in [9.17, 15) is 4.79 Å². The molecule has 1 fully saturated rings. The van der Waals surface area contributed by atoms with Crippen molar-refractivity contribution in [2.24, 2.45) is 29.1 Å². The van der Waals surface area contributed by atoms with Gasteiger partial charge in [-0.25, -0.2) is 0 Å². The van der Waals surface area contributed by atoms with Gasteiger partial charge < -0.3 is 4.43 Å². The van der Waals surface area contributed by atoms with Gasteiger partial charge in [0, 0.05) is 18.4 Å². The van der Waals surface area contributed by atoms with Crippen molar-refractivity contribution in [3.05, 3.63) is 12.2 Å². The van der Waals surface area contributed by atoms with E-state index in [0.717, 1.165) is 19.4 Å². The van der Waals surface area contributed by atoms with Crippen molar-refractivity contribution in [1.29, 1.82) is 0 Å². The number of carbonyl (C=O) groups is 1. The highest BCUT2D eigenvalue weighted by atomic mass is 28.4. The molecule has 0 unspecified atom stereocenters. The Balaban J connectivity index is 2.12. The number of hydrogen-bond acceptors (Lipinski definition) is 2. The zero-order valence-corrected chi connectivity index (χ0v) is 17.4. The maximum absolute atomic E-state index is 12.3. The Hall–Kier alpha value is -0.413. The third-order valence-corrected chi connectivity index (χ3v) is 11.3. The molecule has 3 rings (SSSR count). The van der Waals surface area contributed by atoms with Gasteiger partial charge in [-0.15, -0.1) is 0 Å². The lowest BCUT2D eigenvalue weighted by Crippen LogP contribution is -2.48. The minimum atomic E-state index is -1.72. The van der Waals surface area contributed by atoms with Gasteiger partial charge in [0.1, 0.15) is 5.78 Å². The molecular formula is C20H36O2Si. The summed E-state index contributed by atoms with van der Waals surface area (Å²) in [5.74, 6) is 2.60. The second kappa shape index (κ2) is 6.14. The predicted octanol–water partition coefficient (Wildman–Crippen LogP) is 5.45. The molecule has 4 atom stereocenters. The summed E-state index contributed by atoms with van der Waals surface area (Å²) in [6.07, 6.45) is 6.24. The van der Waals surface area contributed by atoms with Crippen LogP contribution >= 0.6 is 0 Å². The third-order valence-electron chi connectivity index (χ3n) is 6.83. The van der Waals surface area contributed by atoms with E-state index < -0.39 is 8.32 Å². The van der Waals surface area contributed by atoms with E-state index in [1.807, 2.05) is 0 Å². The monoisotopic (exact) mass is 336 g/mol. The van der Waals surface area contributed by atoms with Crippen molar-refractivity contribution in [3.8, 4) is 0 Å². The van der Waals surface area contributed by atoms with Gasteiger partial charge in [0.05, 0.1) is 0 Å². The number of ketones is 1. The van der Waals surface area contributed by atoms with Crippen LogP contribution in [0.2, 0.25) is 18.1 Å². The zero-order chi connectivity index (χ0) is 17.6. The van der Waals surface area contributed by atoms with Crippen LogP contribution in [0.25, 0.3) is 0 Å². The molecule has 3 aliphatic carbocycles. The Morgan fingerprint density at radius 2 is 1.96 bits per heavy atom. The fraction of sp³-hybridized carbons (Fsp3) is 0.850. The first kappa shape index (κ1) is 18.9. The van der Waals surface area contributed by atoms with Crippen molar-refractivity contribution in [2.75, 3.05) is 6.61 Å². The van der Waals surface area contributed by atoms with Gasteiger partial charge in [-0.05, 0) is 55.1 Å². The van der Waals surface area contributed by atoms with Crippen LogP contribution in [0.4, 0.5) is 0 Å². The summed E-state index contributed by atoms with van der Waals surface area (Å²) in [5.41, 5.74) is -0.219. The highest BCUT2D eigenvalue weighted by molar-refractivity contribution is 6.74. The Morgan fingerprint density at radius 1 is 1.35 bits per heavy atom. The lowest BCUT2D eigenvalue weighted by Gasteiger charge is -2.48. The summed E-state index contributed by atoms with van der Waals surface area (Å²) < 4.78 is 6.57. The van der Waals surface area contributed by atoms with Crippen LogP contribution in [-0.2, 0) is 9.22 Å². The van der Waals surface area contributed by atoms with Crippen LogP contribution in [0.1, 0.15) is 54.4 Å². The Labute approximate surface area is 144 Å². The molecule has 0 aromatic rings. The van der Waals surface area contributed by atoms with E-state index in [1.54, 1.807) is 0 Å². The second-order valence-electron chi connectivity index (χ2n) is 9.91. The number of allylic oxidation sites excluding steroid dienone is 2. The van der Waals surface area contributed by atoms with Crippen LogP contribution in [0.5, 0.6) is 0 Å². The Morgan fingerprint density at radius 3 is 2.39 bits per heavy atom. The average molecular weight is 337 g/mol. The van der Waals surface area contributed by atoms with Gasteiger partial charge in [0.25, 0.3) is 0 Å². The predicted molar refractivity (Wildman–Crippen MR) is 99.9 cm³/mol. The van der Waals surface area contributed by atoms with Crippen molar-refractivity contribution < 1.29 is 9.22 Å². The van der Waals surface area contributed by atoms with Crippen LogP contribution in [0, 0.1) is 29.1 Å². The van der Waals surface area contributed by atoms with Gasteiger partial charge >= 0.3 is 0 Å². The average Bonchev–Trinajstić information content (AvgIpc) is 2.39. The van der Waals surface area contributed by atoms with E-state index in [4.69, 9.17) is 4.43 Å². The summed E-state index contributed by atoms with van der Waals surface area (Å²) in [6.45, 7) is 19.2. The van der Waals surface area contributed by atoms with Gasteiger partial charge in [0.2, 0.25) is 0 Å². The summed E-state index contributed by atoms with van der Waals surface area (Å²) >= 11 is 0. The molecule has 0 heterocycles. The molecule has 1 saturated carbocycles. The van der Waals surface area contributed by atoms with Crippen LogP contribution in [0.3, 0.4) is 0 Å². The highest BCUT2D eigenvalue weighted by Gasteiger charge is 2.48. The van der Waals surface area contributed by atoms with E-state index in [0.29, 0.717) is 29.5 Å². The van der Waals surface area contributed by atoms with Crippen molar-refractivity contribution in [2.45, 2.75) is 72.5 Å². The zero-order valence-electron chi connectivity index (χ0n) is 16.4. The largest absolute Gasteiger partial charge is 0.417 e. The molecule has 132 valence electrons. The summed E-state index contributed by atoms with van der Waals surface area (Å²) in [4.78, 5) is 12.3. The first-order valence-corrected chi connectivity index (χ1v) is 12.1. The molecule has 2 nitrogen and oxygen atoms in total. The molecule has 0 spiro atoms. The molecular weight excluding hydrogens is 300 g/mol. The van der Waals surface area contributed by atoms with Crippen LogP contribution in [-0.4, -0.2) is 20.7 Å². The molecule has 23 heavy (non-hydrogen) atoms. The van der Waals surface area contributed by atoms with E-state index in [1.165, 1.54) is 0 Å². The Kier molecular flexibility index (Phi) is 5.05. The van der Waals surface area contributed by atoms with Gasteiger partial charge in [0.15, 0.2) is 8.32 Å². The molecule has 0 aliphatic heterocycles. The first-order valence-electron chi connectivity index (χ1n) is 9.24. The Bertz CT molecular complexity index is 486.